The molecule has 0 bridgehead atoms. The number of nitrogens with two attached hydrogens (primary N) is 1. The van der Waals surface area contributed by atoms with Crippen LogP contribution in [0.5, 0.6) is 5.75 Å². The Bertz CT molecular complexity index is 1030. The number of amides is 1. The molecule has 0 saturated carbocycles. The van der Waals surface area contributed by atoms with Crippen LogP contribution >= 0.6 is 11.6 Å². The molecule has 2 aliphatic rings. The smallest absolute Gasteiger partial charge is 0.224 e. The first kappa shape index (κ1) is 22.4. The molecule has 6 nitrogen and oxygen atoms in total. The van der Waals surface area contributed by atoms with Gasteiger partial charge in [0.05, 0.1) is 12.3 Å². The van der Waals surface area contributed by atoms with E-state index in [0.717, 1.165) is 73.7 Å². The van der Waals surface area contributed by atoms with Crippen molar-refractivity contribution in [3.8, 4) is 5.75 Å². The van der Waals surface area contributed by atoms with Crippen LogP contribution in [0.25, 0.3) is 0 Å². The van der Waals surface area contributed by atoms with E-state index >= 15 is 0 Å². The number of nitrogens with zero attached hydrogens (tertiary/aromatic N) is 2. The molecule has 7 heteroatoms. The second kappa shape index (κ2) is 10.7. The van der Waals surface area contributed by atoms with Crippen LogP contribution in [0.1, 0.15) is 31.2 Å². The number of fused-ring (bicyclic) bond motifs is 1. The lowest BCUT2D eigenvalue weighted by Crippen LogP contribution is -2.37. The molecule has 1 amide bonds. The Hall–Kier alpha value is -2.83. The van der Waals surface area contributed by atoms with E-state index in [0.29, 0.717) is 18.1 Å². The van der Waals surface area contributed by atoms with Gasteiger partial charge in [-0.3, -0.25) is 14.7 Å². The van der Waals surface area contributed by atoms with E-state index in [9.17, 15) is 4.79 Å². The maximum absolute atomic E-state index is 11.6. The van der Waals surface area contributed by atoms with E-state index < -0.39 is 0 Å². The maximum atomic E-state index is 11.6. The van der Waals surface area contributed by atoms with E-state index in [-0.39, 0.29) is 5.91 Å². The number of halogens is 1. The number of carbonyl (C=O) groups excluding carboxylic acids is 1. The van der Waals surface area contributed by atoms with Crippen molar-refractivity contribution < 1.29 is 9.53 Å². The Morgan fingerprint density at radius 2 is 2.06 bits per heavy atom. The summed E-state index contributed by atoms with van der Waals surface area (Å²) in [4.78, 5) is 18.7. The number of benzene rings is 2. The highest BCUT2D eigenvalue weighted by molar-refractivity contribution is 6.30. The molecule has 3 N–H and O–H groups in total. The first-order valence-corrected chi connectivity index (χ1v) is 11.5. The number of hydrogen-bond donors (Lipinski definition) is 2. The fourth-order valence-corrected chi connectivity index (χ4v) is 4.26. The molecule has 0 aromatic heterocycles. The predicted molar refractivity (Wildman–Crippen MR) is 130 cm³/mol. The summed E-state index contributed by atoms with van der Waals surface area (Å²) in [5.74, 6) is 0.877. The van der Waals surface area contributed by atoms with Gasteiger partial charge in [0.15, 0.2) is 0 Å². The molecule has 0 aliphatic carbocycles. The Labute approximate surface area is 194 Å². The minimum absolute atomic E-state index is 0.0721. The summed E-state index contributed by atoms with van der Waals surface area (Å²) >= 11 is 6.07. The molecule has 2 heterocycles. The number of hydrogen-bond acceptors (Lipinski definition) is 5. The van der Waals surface area contributed by atoms with Crippen LogP contribution in [0.2, 0.25) is 5.02 Å². The third-order valence-electron chi connectivity index (χ3n) is 5.82. The maximum Gasteiger partial charge on any atom is 0.224 e. The largest absolute Gasteiger partial charge is 0.494 e. The number of likely N-dealkylation sites (tertiary alicyclic amines) is 1. The minimum atomic E-state index is 0.0721. The van der Waals surface area contributed by atoms with Crippen molar-refractivity contribution in [1.29, 1.82) is 0 Å². The topological polar surface area (TPSA) is 80.0 Å². The zero-order chi connectivity index (χ0) is 22.3. The van der Waals surface area contributed by atoms with Gasteiger partial charge in [-0.05, 0) is 55.6 Å². The standard InChI is InChI=1S/C25H29ClN4O2/c26-20-4-3-5-21(14-20)28-23-10-12-30(17-19(23)16-27)11-1-2-13-32-22-8-6-18-7-9-25(31)29-24(18)15-22/h3-6,8,14-16H,1-2,7,9-13,17,27H2,(H,29,31)/b19-16-,28-23?. The summed E-state index contributed by atoms with van der Waals surface area (Å²) in [5, 5.41) is 3.60. The first-order chi connectivity index (χ1) is 15.6. The Morgan fingerprint density at radius 3 is 2.91 bits per heavy atom. The van der Waals surface area contributed by atoms with Crippen molar-refractivity contribution in [3.05, 3.63) is 64.8 Å². The minimum Gasteiger partial charge on any atom is -0.494 e. The van der Waals surface area contributed by atoms with Gasteiger partial charge in [-0.1, -0.05) is 23.7 Å². The molecule has 4 rings (SSSR count). The van der Waals surface area contributed by atoms with E-state index in [1.807, 2.05) is 42.5 Å². The zero-order valence-electron chi connectivity index (χ0n) is 18.1. The van der Waals surface area contributed by atoms with Gasteiger partial charge in [0.25, 0.3) is 0 Å². The monoisotopic (exact) mass is 452 g/mol. The summed E-state index contributed by atoms with van der Waals surface area (Å²) in [6.45, 7) is 3.41. The molecule has 2 aliphatic heterocycles. The Balaban J connectivity index is 1.21. The number of unbranched alkanes of at least 4 members (excludes halogenated alkanes) is 1. The molecule has 32 heavy (non-hydrogen) atoms. The summed E-state index contributed by atoms with van der Waals surface area (Å²) in [5.41, 5.74) is 10.9. The van der Waals surface area contributed by atoms with Gasteiger partial charge in [0.2, 0.25) is 5.91 Å². The van der Waals surface area contributed by atoms with E-state index in [2.05, 4.69) is 10.2 Å². The lowest BCUT2D eigenvalue weighted by Gasteiger charge is -2.29. The Morgan fingerprint density at radius 1 is 1.16 bits per heavy atom. The number of carbonyl (C=O) groups is 1. The van der Waals surface area contributed by atoms with Gasteiger partial charge < -0.3 is 15.8 Å². The summed E-state index contributed by atoms with van der Waals surface area (Å²) in [7, 11) is 0. The van der Waals surface area contributed by atoms with Crippen molar-refractivity contribution in [2.24, 2.45) is 10.7 Å². The summed E-state index contributed by atoms with van der Waals surface area (Å²) in [6.07, 6.45) is 5.90. The number of piperidine rings is 1. The van der Waals surface area contributed by atoms with Crippen LogP contribution in [0.15, 0.2) is 59.2 Å². The lowest BCUT2D eigenvalue weighted by atomic mass is 10.0. The summed E-state index contributed by atoms with van der Waals surface area (Å²) < 4.78 is 5.90. The van der Waals surface area contributed by atoms with Crippen molar-refractivity contribution in [2.45, 2.75) is 32.1 Å². The average molecular weight is 453 g/mol. The van der Waals surface area contributed by atoms with Gasteiger partial charge in [-0.25, -0.2) is 0 Å². The lowest BCUT2D eigenvalue weighted by molar-refractivity contribution is -0.116. The number of aliphatic imine (C=N–C) groups is 1. The van der Waals surface area contributed by atoms with E-state index in [1.54, 1.807) is 6.20 Å². The van der Waals surface area contributed by atoms with Crippen LogP contribution in [0, 0.1) is 0 Å². The third-order valence-corrected chi connectivity index (χ3v) is 6.05. The second-order valence-corrected chi connectivity index (χ2v) is 8.62. The molecular weight excluding hydrogens is 424 g/mol. The highest BCUT2D eigenvalue weighted by Crippen LogP contribution is 2.27. The molecule has 1 saturated heterocycles. The number of ether oxygens (including phenoxy) is 1. The van der Waals surface area contributed by atoms with Gasteiger partial charge in [-0.2, -0.15) is 0 Å². The van der Waals surface area contributed by atoms with Crippen LogP contribution in [-0.4, -0.2) is 42.8 Å². The average Bonchev–Trinajstić information content (AvgIpc) is 2.79. The fourth-order valence-electron chi connectivity index (χ4n) is 4.07. The van der Waals surface area contributed by atoms with Crippen LogP contribution in [-0.2, 0) is 11.2 Å². The SMILES string of the molecule is N/C=C1/CN(CCCCOc2ccc3c(c2)NC(=O)CC3)CCC1=Nc1cccc(Cl)c1. The Kier molecular flexibility index (Phi) is 7.45. The van der Waals surface area contributed by atoms with Crippen molar-refractivity contribution in [1.82, 2.24) is 4.90 Å². The number of rotatable bonds is 7. The first-order valence-electron chi connectivity index (χ1n) is 11.1. The van der Waals surface area contributed by atoms with E-state index in [4.69, 9.17) is 27.1 Å². The van der Waals surface area contributed by atoms with Crippen LogP contribution in [0.3, 0.4) is 0 Å². The van der Waals surface area contributed by atoms with Gasteiger partial charge in [0.1, 0.15) is 5.75 Å². The fraction of sp³-hybridized carbons (Fsp3) is 0.360. The highest BCUT2D eigenvalue weighted by atomic mass is 35.5. The van der Waals surface area contributed by atoms with E-state index in [1.165, 1.54) is 5.56 Å². The number of aryl methyl sites for hydroxylation is 1. The molecule has 2 aromatic rings. The third kappa shape index (κ3) is 5.90. The molecule has 0 atom stereocenters. The highest BCUT2D eigenvalue weighted by Gasteiger charge is 2.19. The number of nitrogens with one attached hydrogen (secondary N) is 1. The van der Waals surface area contributed by atoms with Crippen LogP contribution in [0.4, 0.5) is 11.4 Å². The molecule has 0 unspecified atom stereocenters. The normalized spacial score (nSPS) is 19.1. The van der Waals surface area contributed by atoms with Crippen molar-refractivity contribution in [2.75, 3.05) is 31.6 Å². The molecule has 0 radical (unpaired) electrons. The molecule has 0 spiro atoms. The molecule has 2 aromatic carbocycles. The second-order valence-electron chi connectivity index (χ2n) is 8.18. The predicted octanol–water partition coefficient (Wildman–Crippen LogP) is 4.70. The molecule has 1 fully saturated rings. The summed E-state index contributed by atoms with van der Waals surface area (Å²) in [6, 6.07) is 13.5. The van der Waals surface area contributed by atoms with Gasteiger partial charge in [0, 0.05) is 60.2 Å². The number of anilines is 1. The van der Waals surface area contributed by atoms with Gasteiger partial charge in [-0.15, -0.1) is 0 Å². The van der Waals surface area contributed by atoms with Crippen molar-refractivity contribution >= 4 is 34.6 Å². The van der Waals surface area contributed by atoms with Crippen LogP contribution < -0.4 is 15.8 Å². The molecule has 168 valence electrons. The van der Waals surface area contributed by atoms with Crippen molar-refractivity contribution in [3.63, 3.8) is 0 Å². The van der Waals surface area contributed by atoms with Gasteiger partial charge >= 0.3 is 0 Å². The quantitative estimate of drug-likeness (QED) is 0.596. The molecular formula is C25H29ClN4O2. The zero-order valence-corrected chi connectivity index (χ0v) is 18.9.